The largest absolute Gasteiger partial charge is 0.204 e. The van der Waals surface area contributed by atoms with Crippen LogP contribution in [0.1, 0.15) is 36.5 Å². The van der Waals surface area contributed by atoms with Crippen LogP contribution in [-0.2, 0) is 19.3 Å². The molecule has 4 rings (SSSR count). The maximum absolute atomic E-state index is 13.6. The molecule has 3 aromatic carbocycles. The van der Waals surface area contributed by atoms with Crippen molar-refractivity contribution in [3.8, 4) is 22.3 Å². The number of halogens is 3. The van der Waals surface area contributed by atoms with Crippen LogP contribution in [0.2, 0.25) is 0 Å². The number of benzene rings is 3. The number of unbranched alkanes of at least 4 members (excludes halogenated alkanes) is 1. The van der Waals surface area contributed by atoms with Gasteiger partial charge in [-0.25, -0.2) is 13.2 Å². The molecule has 0 N–H and O–H groups in total. The fourth-order valence-electron chi connectivity index (χ4n) is 3.89. The van der Waals surface area contributed by atoms with Gasteiger partial charge in [0.25, 0.3) is 0 Å². The molecule has 0 radical (unpaired) electrons. The van der Waals surface area contributed by atoms with Gasteiger partial charge in [-0.2, -0.15) is 0 Å². The Morgan fingerprint density at radius 3 is 2.04 bits per heavy atom. The zero-order valence-electron chi connectivity index (χ0n) is 15.3. The van der Waals surface area contributed by atoms with Crippen LogP contribution in [0.3, 0.4) is 0 Å². The summed E-state index contributed by atoms with van der Waals surface area (Å²) in [5, 5.41) is 0. The van der Waals surface area contributed by atoms with E-state index in [1.54, 1.807) is 0 Å². The first-order chi connectivity index (χ1) is 13.1. The van der Waals surface area contributed by atoms with Crippen molar-refractivity contribution in [2.75, 3.05) is 0 Å². The summed E-state index contributed by atoms with van der Waals surface area (Å²) < 4.78 is 40.4. The Kier molecular flexibility index (Phi) is 4.77. The maximum atomic E-state index is 13.6. The minimum Gasteiger partial charge on any atom is -0.204 e. The molecule has 0 spiro atoms. The summed E-state index contributed by atoms with van der Waals surface area (Å²) in [6.45, 7) is 2.20. The Labute approximate surface area is 157 Å². The first-order valence-electron chi connectivity index (χ1n) is 9.47. The Balaban J connectivity index is 1.70. The van der Waals surface area contributed by atoms with Crippen LogP contribution in [0.15, 0.2) is 48.5 Å². The lowest BCUT2D eigenvalue weighted by Crippen LogP contribution is -2.05. The third-order valence-corrected chi connectivity index (χ3v) is 5.36. The molecule has 3 aromatic rings. The van der Waals surface area contributed by atoms with Crippen molar-refractivity contribution in [1.82, 2.24) is 0 Å². The topological polar surface area (TPSA) is 0 Å². The van der Waals surface area contributed by atoms with E-state index < -0.39 is 17.5 Å². The highest BCUT2D eigenvalue weighted by atomic mass is 19.2. The second-order valence-electron chi connectivity index (χ2n) is 7.22. The highest BCUT2D eigenvalue weighted by Gasteiger charge is 2.18. The molecule has 0 amide bonds. The number of fused-ring (bicyclic) bond motifs is 3. The van der Waals surface area contributed by atoms with E-state index in [4.69, 9.17) is 0 Å². The molecule has 1 aliphatic carbocycles. The van der Waals surface area contributed by atoms with Crippen LogP contribution in [0.5, 0.6) is 0 Å². The summed E-state index contributed by atoms with van der Waals surface area (Å²) in [5.41, 5.74) is 7.37. The fraction of sp³-hybridized carbons (Fsp3) is 0.250. The quantitative estimate of drug-likeness (QED) is 0.442. The van der Waals surface area contributed by atoms with Crippen LogP contribution in [-0.4, -0.2) is 0 Å². The molecule has 0 saturated heterocycles. The van der Waals surface area contributed by atoms with E-state index in [1.807, 2.05) is 18.2 Å². The summed E-state index contributed by atoms with van der Waals surface area (Å²) in [7, 11) is 0. The third-order valence-electron chi connectivity index (χ3n) is 5.36. The highest BCUT2D eigenvalue weighted by Crippen LogP contribution is 2.37. The van der Waals surface area contributed by atoms with Gasteiger partial charge in [-0.05, 0) is 76.8 Å². The zero-order valence-corrected chi connectivity index (χ0v) is 15.3. The van der Waals surface area contributed by atoms with Gasteiger partial charge >= 0.3 is 0 Å². The summed E-state index contributed by atoms with van der Waals surface area (Å²) >= 11 is 0. The fourth-order valence-corrected chi connectivity index (χ4v) is 3.89. The van der Waals surface area contributed by atoms with Gasteiger partial charge in [-0.3, -0.25) is 0 Å². The van der Waals surface area contributed by atoms with Gasteiger partial charge < -0.3 is 0 Å². The molecule has 3 heteroatoms. The van der Waals surface area contributed by atoms with Crippen molar-refractivity contribution in [2.24, 2.45) is 0 Å². The van der Waals surface area contributed by atoms with Crippen molar-refractivity contribution >= 4 is 0 Å². The van der Waals surface area contributed by atoms with Gasteiger partial charge in [0.05, 0.1) is 0 Å². The van der Waals surface area contributed by atoms with Crippen molar-refractivity contribution < 1.29 is 13.2 Å². The summed E-state index contributed by atoms with van der Waals surface area (Å²) in [6, 6.07) is 14.6. The van der Waals surface area contributed by atoms with E-state index in [0.717, 1.165) is 37.0 Å². The van der Waals surface area contributed by atoms with Gasteiger partial charge in [0.15, 0.2) is 17.5 Å². The average molecular weight is 366 g/mol. The first kappa shape index (κ1) is 17.8. The van der Waals surface area contributed by atoms with Gasteiger partial charge in [-0.15, -0.1) is 0 Å². The predicted molar refractivity (Wildman–Crippen MR) is 103 cm³/mol. The van der Waals surface area contributed by atoms with Crippen LogP contribution < -0.4 is 0 Å². The zero-order chi connectivity index (χ0) is 19.0. The van der Waals surface area contributed by atoms with E-state index in [1.165, 1.54) is 35.1 Å². The number of aryl methyl sites for hydroxylation is 3. The molecule has 0 heterocycles. The molecule has 0 aromatic heterocycles. The summed E-state index contributed by atoms with van der Waals surface area (Å²) in [5.74, 6) is -3.75. The maximum Gasteiger partial charge on any atom is 0.194 e. The molecule has 138 valence electrons. The molecule has 0 fully saturated rings. The second kappa shape index (κ2) is 7.22. The number of rotatable bonds is 4. The van der Waals surface area contributed by atoms with Crippen LogP contribution in [0, 0.1) is 17.5 Å². The highest BCUT2D eigenvalue weighted by molar-refractivity contribution is 5.77. The van der Waals surface area contributed by atoms with E-state index >= 15 is 0 Å². The lowest BCUT2D eigenvalue weighted by atomic mass is 9.83. The van der Waals surface area contributed by atoms with E-state index in [9.17, 15) is 13.2 Å². The molecule has 1 aliphatic rings. The van der Waals surface area contributed by atoms with E-state index in [-0.39, 0.29) is 0 Å². The SMILES string of the molecule is CCCCc1ccc2c(c1)CCc1cc(-c3cc(F)c(F)c(F)c3)ccc1-2. The van der Waals surface area contributed by atoms with Gasteiger partial charge in [-0.1, -0.05) is 49.7 Å². The van der Waals surface area contributed by atoms with Crippen LogP contribution in [0.4, 0.5) is 13.2 Å². The standard InChI is InChI=1S/C24H21F3/c1-2-3-4-15-5-9-20-17(11-15)6-7-18-12-16(8-10-21(18)20)19-13-22(25)24(27)23(26)14-19/h5,8-14H,2-4,6-7H2,1H3. The van der Waals surface area contributed by atoms with Crippen LogP contribution >= 0.6 is 0 Å². The molecule has 0 aliphatic heterocycles. The number of hydrogen-bond donors (Lipinski definition) is 0. The Morgan fingerprint density at radius 1 is 0.741 bits per heavy atom. The lowest BCUT2D eigenvalue weighted by Gasteiger charge is -2.21. The average Bonchev–Trinajstić information content (AvgIpc) is 2.69. The van der Waals surface area contributed by atoms with Crippen molar-refractivity contribution in [1.29, 1.82) is 0 Å². The minimum absolute atomic E-state index is 0.356. The normalized spacial score (nSPS) is 12.6. The Hall–Kier alpha value is -2.55. The summed E-state index contributed by atoms with van der Waals surface area (Å²) in [4.78, 5) is 0. The monoisotopic (exact) mass is 366 g/mol. The van der Waals surface area contributed by atoms with Gasteiger partial charge in [0.2, 0.25) is 0 Å². The first-order valence-corrected chi connectivity index (χ1v) is 9.47. The molecule has 0 nitrogen and oxygen atoms in total. The molecular weight excluding hydrogens is 345 g/mol. The second-order valence-corrected chi connectivity index (χ2v) is 7.22. The lowest BCUT2D eigenvalue weighted by molar-refractivity contribution is 0.447. The van der Waals surface area contributed by atoms with E-state index in [2.05, 4.69) is 25.1 Å². The Bertz CT molecular complexity index is 981. The predicted octanol–water partition coefficient (Wildman–Crippen LogP) is 6.88. The smallest absolute Gasteiger partial charge is 0.194 e. The number of hydrogen-bond acceptors (Lipinski definition) is 0. The summed E-state index contributed by atoms with van der Waals surface area (Å²) in [6.07, 6.45) is 5.34. The molecule has 0 atom stereocenters. The van der Waals surface area contributed by atoms with Crippen LogP contribution in [0.25, 0.3) is 22.3 Å². The van der Waals surface area contributed by atoms with Gasteiger partial charge in [0.1, 0.15) is 0 Å². The third kappa shape index (κ3) is 3.39. The van der Waals surface area contributed by atoms with Crippen molar-refractivity contribution in [3.05, 3.63) is 82.7 Å². The van der Waals surface area contributed by atoms with Gasteiger partial charge in [0, 0.05) is 0 Å². The van der Waals surface area contributed by atoms with Crippen molar-refractivity contribution in [3.63, 3.8) is 0 Å². The Morgan fingerprint density at radius 2 is 1.37 bits per heavy atom. The molecule has 0 unspecified atom stereocenters. The van der Waals surface area contributed by atoms with E-state index in [0.29, 0.717) is 11.1 Å². The molecule has 27 heavy (non-hydrogen) atoms. The molecule has 0 saturated carbocycles. The molecular formula is C24H21F3. The molecule has 0 bridgehead atoms. The van der Waals surface area contributed by atoms with Crippen molar-refractivity contribution in [2.45, 2.75) is 39.0 Å². The minimum atomic E-state index is -1.43.